The average Bonchev–Trinajstić information content (AvgIpc) is 2.95. The minimum absolute atomic E-state index is 0.345. The van der Waals surface area contributed by atoms with Gasteiger partial charge in [-0.3, -0.25) is 0 Å². The molecular weight excluding hydrogens is 275 g/mol. The van der Waals surface area contributed by atoms with Gasteiger partial charge in [0, 0.05) is 12.4 Å². The first kappa shape index (κ1) is 12.0. The van der Waals surface area contributed by atoms with Crippen LogP contribution in [0.25, 0.3) is 10.2 Å². The van der Waals surface area contributed by atoms with Crippen molar-refractivity contribution < 1.29 is 13.2 Å². The number of fused-ring (bicyclic) bond motifs is 1. The van der Waals surface area contributed by atoms with Crippen molar-refractivity contribution in [3.05, 3.63) is 42.2 Å². The number of aromatic amines is 1. The lowest BCUT2D eigenvalue weighted by atomic mass is 10.2. The summed E-state index contributed by atoms with van der Waals surface area (Å²) in [6.07, 6.45) is -0.851. The number of nitrogens with zero attached hydrogens (tertiary/aromatic N) is 1. The summed E-state index contributed by atoms with van der Waals surface area (Å²) < 4.78 is 38.5. The zero-order valence-electron chi connectivity index (χ0n) is 9.45. The summed E-state index contributed by atoms with van der Waals surface area (Å²) in [5.41, 5.74) is 0.478. The van der Waals surface area contributed by atoms with Crippen LogP contribution in [0.3, 0.4) is 0 Å². The molecule has 3 aromatic rings. The van der Waals surface area contributed by atoms with Crippen LogP contribution in [0.2, 0.25) is 0 Å². The van der Waals surface area contributed by atoms with Crippen LogP contribution in [0, 0.1) is 0 Å². The lowest BCUT2D eigenvalue weighted by Crippen LogP contribution is -2.03. The molecule has 0 saturated heterocycles. The Hall–Kier alpha value is -2.02. The molecule has 0 unspecified atom stereocenters. The fourth-order valence-corrected chi connectivity index (χ4v) is 2.55. The van der Waals surface area contributed by atoms with E-state index in [-0.39, 0.29) is 0 Å². The van der Waals surface area contributed by atoms with E-state index in [1.165, 1.54) is 17.4 Å². The highest BCUT2D eigenvalue weighted by Crippen LogP contribution is 2.34. The summed E-state index contributed by atoms with van der Waals surface area (Å²) in [6.45, 7) is 0. The van der Waals surface area contributed by atoms with Gasteiger partial charge < -0.3 is 10.3 Å². The Kier molecular flexibility index (Phi) is 2.70. The van der Waals surface area contributed by atoms with E-state index in [2.05, 4.69) is 15.3 Å². The quantitative estimate of drug-likeness (QED) is 0.732. The molecule has 0 spiro atoms. The second kappa shape index (κ2) is 4.27. The van der Waals surface area contributed by atoms with Gasteiger partial charge >= 0.3 is 6.18 Å². The standard InChI is InChI=1S/C12H8F3N3S/c13-12(14,15)7-1-2-10-9(5-7)18-11(19-10)17-8-3-4-16-6-8/h1-6,16H,(H,17,18). The van der Waals surface area contributed by atoms with Crippen LogP contribution >= 0.6 is 11.3 Å². The lowest BCUT2D eigenvalue weighted by molar-refractivity contribution is -0.137. The molecule has 3 rings (SSSR count). The van der Waals surface area contributed by atoms with Crippen molar-refractivity contribution in [1.29, 1.82) is 0 Å². The first-order valence-corrected chi connectivity index (χ1v) is 6.21. The van der Waals surface area contributed by atoms with Gasteiger partial charge in [0.25, 0.3) is 0 Å². The smallest absolute Gasteiger partial charge is 0.366 e. The van der Waals surface area contributed by atoms with Crippen molar-refractivity contribution in [1.82, 2.24) is 9.97 Å². The second-order valence-electron chi connectivity index (χ2n) is 3.92. The molecule has 0 aliphatic heterocycles. The molecule has 3 nitrogen and oxygen atoms in total. The molecule has 2 aromatic heterocycles. The van der Waals surface area contributed by atoms with Crippen LogP contribution < -0.4 is 5.32 Å². The Balaban J connectivity index is 1.97. The number of anilines is 2. The van der Waals surface area contributed by atoms with E-state index in [0.717, 1.165) is 17.8 Å². The van der Waals surface area contributed by atoms with Crippen LogP contribution in [0.1, 0.15) is 5.56 Å². The Morgan fingerprint density at radius 1 is 1.21 bits per heavy atom. The zero-order chi connectivity index (χ0) is 13.5. The molecule has 7 heteroatoms. The summed E-state index contributed by atoms with van der Waals surface area (Å²) >= 11 is 1.31. The molecule has 0 atom stereocenters. The van der Waals surface area contributed by atoms with E-state index in [9.17, 15) is 13.2 Å². The number of H-pyrrole nitrogens is 1. The summed E-state index contributed by atoms with van der Waals surface area (Å²) in [7, 11) is 0. The number of aromatic nitrogens is 2. The normalized spacial score (nSPS) is 11.9. The maximum absolute atomic E-state index is 12.6. The van der Waals surface area contributed by atoms with E-state index >= 15 is 0 Å². The maximum Gasteiger partial charge on any atom is 0.416 e. The van der Waals surface area contributed by atoms with E-state index in [1.807, 2.05) is 6.07 Å². The number of alkyl halides is 3. The van der Waals surface area contributed by atoms with Crippen LogP contribution in [0.5, 0.6) is 0 Å². The van der Waals surface area contributed by atoms with Gasteiger partial charge in [0.2, 0.25) is 0 Å². The van der Waals surface area contributed by atoms with Gasteiger partial charge in [-0.15, -0.1) is 0 Å². The molecule has 0 bridgehead atoms. The van der Waals surface area contributed by atoms with Gasteiger partial charge in [0.15, 0.2) is 5.13 Å². The molecule has 0 aliphatic rings. The molecule has 0 saturated carbocycles. The highest BCUT2D eigenvalue weighted by atomic mass is 32.1. The SMILES string of the molecule is FC(F)(F)c1ccc2sc(Nc3cc[nH]c3)nc2c1. The molecule has 98 valence electrons. The highest BCUT2D eigenvalue weighted by Gasteiger charge is 2.30. The fraction of sp³-hybridized carbons (Fsp3) is 0.0833. The molecular formula is C12H8F3N3S. The van der Waals surface area contributed by atoms with E-state index in [4.69, 9.17) is 0 Å². The monoisotopic (exact) mass is 283 g/mol. The third kappa shape index (κ3) is 2.41. The van der Waals surface area contributed by atoms with Crippen molar-refractivity contribution in [2.75, 3.05) is 5.32 Å². The first-order chi connectivity index (χ1) is 9.02. The van der Waals surface area contributed by atoms with Gasteiger partial charge in [0.1, 0.15) is 0 Å². The van der Waals surface area contributed by atoms with E-state index in [0.29, 0.717) is 15.3 Å². The largest absolute Gasteiger partial charge is 0.416 e. The number of thiazole rings is 1. The molecule has 2 N–H and O–H groups in total. The van der Waals surface area contributed by atoms with Gasteiger partial charge in [-0.25, -0.2) is 4.98 Å². The molecule has 0 aliphatic carbocycles. The third-order valence-corrected chi connectivity index (χ3v) is 3.52. The number of hydrogen-bond donors (Lipinski definition) is 2. The van der Waals surface area contributed by atoms with Crippen molar-refractivity contribution in [2.45, 2.75) is 6.18 Å². The number of rotatable bonds is 2. The molecule has 0 radical (unpaired) electrons. The highest BCUT2D eigenvalue weighted by molar-refractivity contribution is 7.22. The van der Waals surface area contributed by atoms with Gasteiger partial charge in [-0.2, -0.15) is 13.2 Å². The Morgan fingerprint density at radius 3 is 2.74 bits per heavy atom. The number of benzene rings is 1. The van der Waals surface area contributed by atoms with Gasteiger partial charge in [-0.05, 0) is 24.3 Å². The third-order valence-electron chi connectivity index (χ3n) is 2.56. The molecule has 0 amide bonds. The van der Waals surface area contributed by atoms with Crippen LogP contribution in [0.4, 0.5) is 24.0 Å². The number of hydrogen-bond acceptors (Lipinski definition) is 3. The van der Waals surface area contributed by atoms with Crippen LogP contribution in [0.15, 0.2) is 36.7 Å². The Bertz CT molecular complexity index is 701. The predicted molar refractivity (Wildman–Crippen MR) is 68.7 cm³/mol. The van der Waals surface area contributed by atoms with Gasteiger partial charge in [-0.1, -0.05) is 11.3 Å². The summed E-state index contributed by atoms with van der Waals surface area (Å²) in [6, 6.07) is 5.39. The van der Waals surface area contributed by atoms with Crippen LogP contribution in [-0.4, -0.2) is 9.97 Å². The summed E-state index contributed by atoms with van der Waals surface area (Å²) in [5.74, 6) is 0. The Morgan fingerprint density at radius 2 is 2.05 bits per heavy atom. The molecule has 2 heterocycles. The van der Waals surface area contributed by atoms with Crippen molar-refractivity contribution in [2.24, 2.45) is 0 Å². The second-order valence-corrected chi connectivity index (χ2v) is 4.95. The molecule has 1 aromatic carbocycles. The fourth-order valence-electron chi connectivity index (χ4n) is 1.68. The van der Waals surface area contributed by atoms with E-state index in [1.54, 1.807) is 12.4 Å². The Labute approximate surface area is 110 Å². The average molecular weight is 283 g/mol. The van der Waals surface area contributed by atoms with E-state index < -0.39 is 11.7 Å². The number of nitrogens with one attached hydrogen (secondary N) is 2. The predicted octanol–water partition coefficient (Wildman–Crippen LogP) is 4.39. The van der Waals surface area contributed by atoms with Crippen LogP contribution in [-0.2, 0) is 6.18 Å². The maximum atomic E-state index is 12.6. The van der Waals surface area contributed by atoms with Crippen molar-refractivity contribution >= 4 is 32.4 Å². The summed E-state index contributed by atoms with van der Waals surface area (Å²) in [5, 5.41) is 3.59. The van der Waals surface area contributed by atoms with Crippen molar-refractivity contribution in [3.8, 4) is 0 Å². The van der Waals surface area contributed by atoms with Crippen molar-refractivity contribution in [3.63, 3.8) is 0 Å². The topological polar surface area (TPSA) is 40.7 Å². The zero-order valence-corrected chi connectivity index (χ0v) is 10.3. The number of halogens is 3. The minimum Gasteiger partial charge on any atom is -0.366 e. The molecule has 19 heavy (non-hydrogen) atoms. The van der Waals surface area contributed by atoms with Gasteiger partial charge in [0.05, 0.1) is 21.5 Å². The summed E-state index contributed by atoms with van der Waals surface area (Å²) in [4.78, 5) is 7.03. The molecule has 0 fully saturated rings. The minimum atomic E-state index is -4.34. The first-order valence-electron chi connectivity index (χ1n) is 5.40. The lowest BCUT2D eigenvalue weighted by Gasteiger charge is -2.04.